The molecule has 1 rings (SSSR count). The molecule has 1 aromatic carbocycles. The Hall–Kier alpha value is -1.47. The van der Waals surface area contributed by atoms with Crippen LogP contribution in [0.3, 0.4) is 0 Å². The number of ether oxygens (including phenoxy) is 1. The molecular formula is C11H12ClF3N2O2. The van der Waals surface area contributed by atoms with Crippen LogP contribution in [-0.4, -0.2) is 24.8 Å². The number of benzene rings is 1. The number of amides is 1. The SMILES string of the molecule is CC(OCC(=O)Nc1cc(N)ccc1Cl)C(F)(F)F. The molecule has 1 amide bonds. The minimum Gasteiger partial charge on any atom is -0.399 e. The van der Waals surface area contributed by atoms with Crippen molar-refractivity contribution in [3.8, 4) is 0 Å². The predicted molar refractivity (Wildman–Crippen MR) is 66.0 cm³/mol. The summed E-state index contributed by atoms with van der Waals surface area (Å²) in [5.41, 5.74) is 6.08. The van der Waals surface area contributed by atoms with Gasteiger partial charge >= 0.3 is 6.18 Å². The molecule has 0 saturated carbocycles. The van der Waals surface area contributed by atoms with Gasteiger partial charge in [0.15, 0.2) is 6.10 Å². The van der Waals surface area contributed by atoms with E-state index in [2.05, 4.69) is 10.1 Å². The maximum Gasteiger partial charge on any atom is 0.414 e. The monoisotopic (exact) mass is 296 g/mol. The summed E-state index contributed by atoms with van der Waals surface area (Å²) in [6.45, 7) is 0.0898. The number of nitrogen functional groups attached to an aromatic ring is 1. The van der Waals surface area contributed by atoms with Gasteiger partial charge < -0.3 is 15.8 Å². The van der Waals surface area contributed by atoms with E-state index in [0.717, 1.165) is 6.92 Å². The lowest BCUT2D eigenvalue weighted by Crippen LogP contribution is -2.32. The number of hydrogen-bond acceptors (Lipinski definition) is 3. The van der Waals surface area contributed by atoms with Gasteiger partial charge in [-0.1, -0.05) is 11.6 Å². The lowest BCUT2D eigenvalue weighted by Gasteiger charge is -2.16. The van der Waals surface area contributed by atoms with Gasteiger partial charge in [0.1, 0.15) is 6.61 Å². The highest BCUT2D eigenvalue weighted by molar-refractivity contribution is 6.33. The van der Waals surface area contributed by atoms with Crippen molar-refractivity contribution in [1.82, 2.24) is 0 Å². The van der Waals surface area contributed by atoms with Gasteiger partial charge in [0.25, 0.3) is 0 Å². The first-order valence-corrected chi connectivity index (χ1v) is 5.61. The van der Waals surface area contributed by atoms with Crippen molar-refractivity contribution in [2.45, 2.75) is 19.2 Å². The number of carbonyl (C=O) groups is 1. The Balaban J connectivity index is 2.54. The molecule has 0 aromatic heterocycles. The summed E-state index contributed by atoms with van der Waals surface area (Å²) in [6, 6.07) is 4.39. The maximum atomic E-state index is 12.1. The quantitative estimate of drug-likeness (QED) is 0.840. The molecule has 0 fully saturated rings. The fraction of sp³-hybridized carbons (Fsp3) is 0.364. The summed E-state index contributed by atoms with van der Waals surface area (Å²) in [5, 5.41) is 2.54. The van der Waals surface area contributed by atoms with Gasteiger partial charge in [0.05, 0.1) is 10.7 Å². The molecule has 1 aromatic rings. The summed E-state index contributed by atoms with van der Waals surface area (Å²) in [4.78, 5) is 11.4. The molecule has 8 heteroatoms. The van der Waals surface area contributed by atoms with Crippen LogP contribution >= 0.6 is 11.6 Å². The van der Waals surface area contributed by atoms with E-state index in [4.69, 9.17) is 17.3 Å². The lowest BCUT2D eigenvalue weighted by atomic mass is 10.3. The van der Waals surface area contributed by atoms with Crippen LogP contribution in [0.5, 0.6) is 0 Å². The summed E-state index contributed by atoms with van der Waals surface area (Å²) >= 11 is 5.78. The topological polar surface area (TPSA) is 64.3 Å². The largest absolute Gasteiger partial charge is 0.414 e. The third-order valence-electron chi connectivity index (χ3n) is 2.19. The zero-order valence-corrected chi connectivity index (χ0v) is 10.7. The molecule has 0 aliphatic carbocycles. The zero-order valence-electron chi connectivity index (χ0n) is 9.92. The number of rotatable bonds is 4. The second kappa shape index (κ2) is 6.12. The molecule has 0 bridgehead atoms. The van der Waals surface area contributed by atoms with Gasteiger partial charge in [-0.2, -0.15) is 13.2 Å². The highest BCUT2D eigenvalue weighted by Gasteiger charge is 2.37. The standard InChI is InChI=1S/C11H12ClF3N2O2/c1-6(11(13,14)15)19-5-10(18)17-9-4-7(16)2-3-8(9)12/h2-4,6H,5,16H2,1H3,(H,17,18). The van der Waals surface area contributed by atoms with Crippen LogP contribution in [0.2, 0.25) is 5.02 Å². The van der Waals surface area contributed by atoms with Crippen molar-refractivity contribution in [1.29, 1.82) is 0 Å². The van der Waals surface area contributed by atoms with Crippen LogP contribution in [0.4, 0.5) is 24.5 Å². The molecule has 0 radical (unpaired) electrons. The predicted octanol–water partition coefficient (Wildman–Crippen LogP) is 2.83. The molecule has 0 saturated heterocycles. The van der Waals surface area contributed by atoms with Crippen LogP contribution < -0.4 is 11.1 Å². The smallest absolute Gasteiger partial charge is 0.399 e. The van der Waals surface area contributed by atoms with Gasteiger partial charge in [0.2, 0.25) is 5.91 Å². The Bertz CT molecular complexity index is 466. The van der Waals surface area contributed by atoms with Crippen LogP contribution in [0.1, 0.15) is 6.92 Å². The van der Waals surface area contributed by atoms with Crippen molar-refractivity contribution in [2.24, 2.45) is 0 Å². The van der Waals surface area contributed by atoms with Crippen LogP contribution in [0, 0.1) is 0 Å². The Labute approximate surface area is 112 Å². The first-order valence-electron chi connectivity index (χ1n) is 5.23. The van der Waals surface area contributed by atoms with Gasteiger partial charge in [-0.25, -0.2) is 0 Å². The highest BCUT2D eigenvalue weighted by Crippen LogP contribution is 2.24. The average molecular weight is 297 g/mol. The molecule has 4 nitrogen and oxygen atoms in total. The molecule has 19 heavy (non-hydrogen) atoms. The van der Waals surface area contributed by atoms with E-state index in [1.807, 2.05) is 0 Å². The van der Waals surface area contributed by atoms with Crippen molar-refractivity contribution in [2.75, 3.05) is 17.7 Å². The number of hydrogen-bond donors (Lipinski definition) is 2. The molecule has 1 unspecified atom stereocenters. The second-order valence-electron chi connectivity index (χ2n) is 3.78. The van der Waals surface area contributed by atoms with Gasteiger partial charge in [-0.05, 0) is 25.1 Å². The van der Waals surface area contributed by atoms with Crippen molar-refractivity contribution >= 4 is 28.9 Å². The third kappa shape index (κ3) is 4.96. The van der Waals surface area contributed by atoms with E-state index in [1.54, 1.807) is 0 Å². The molecule has 1 atom stereocenters. The maximum absolute atomic E-state index is 12.1. The molecule has 0 aliphatic heterocycles. The number of nitrogens with two attached hydrogens (primary N) is 1. The van der Waals surface area contributed by atoms with Gasteiger partial charge in [-0.15, -0.1) is 0 Å². The molecule has 0 spiro atoms. The van der Waals surface area contributed by atoms with Crippen LogP contribution in [0.15, 0.2) is 18.2 Å². The first-order chi connectivity index (χ1) is 8.70. The number of carbonyl (C=O) groups excluding carboxylic acids is 1. The van der Waals surface area contributed by atoms with E-state index in [1.165, 1.54) is 18.2 Å². The molecule has 0 aliphatic rings. The number of alkyl halides is 3. The zero-order chi connectivity index (χ0) is 14.6. The lowest BCUT2D eigenvalue weighted by molar-refractivity contribution is -0.213. The van der Waals surface area contributed by atoms with Crippen molar-refractivity contribution < 1.29 is 22.7 Å². The number of nitrogens with one attached hydrogen (secondary N) is 1. The van der Waals surface area contributed by atoms with E-state index >= 15 is 0 Å². The van der Waals surface area contributed by atoms with E-state index in [-0.39, 0.29) is 10.7 Å². The summed E-state index contributed by atoms with van der Waals surface area (Å²) in [5.74, 6) is -0.747. The van der Waals surface area contributed by atoms with Crippen LogP contribution in [0.25, 0.3) is 0 Å². The minimum atomic E-state index is -4.50. The first kappa shape index (κ1) is 15.6. The summed E-state index contributed by atoms with van der Waals surface area (Å²) in [7, 11) is 0. The fourth-order valence-electron chi connectivity index (χ4n) is 1.12. The average Bonchev–Trinajstić information content (AvgIpc) is 2.29. The minimum absolute atomic E-state index is 0.218. The van der Waals surface area contributed by atoms with E-state index in [0.29, 0.717) is 5.69 Å². The Morgan fingerprint density at radius 3 is 2.74 bits per heavy atom. The Morgan fingerprint density at radius 2 is 2.16 bits per heavy atom. The van der Waals surface area contributed by atoms with Gasteiger partial charge in [0, 0.05) is 5.69 Å². The molecule has 106 valence electrons. The van der Waals surface area contributed by atoms with Crippen molar-refractivity contribution in [3.05, 3.63) is 23.2 Å². The summed E-state index contributed by atoms with van der Waals surface area (Å²) in [6.07, 6.45) is -6.52. The molecule has 0 heterocycles. The Morgan fingerprint density at radius 1 is 1.53 bits per heavy atom. The van der Waals surface area contributed by atoms with Crippen LogP contribution in [-0.2, 0) is 9.53 Å². The van der Waals surface area contributed by atoms with E-state index < -0.39 is 24.8 Å². The normalized spacial score (nSPS) is 13.1. The highest BCUT2D eigenvalue weighted by atomic mass is 35.5. The number of anilines is 2. The van der Waals surface area contributed by atoms with Crippen molar-refractivity contribution in [3.63, 3.8) is 0 Å². The number of halogens is 4. The molecular weight excluding hydrogens is 285 g/mol. The summed E-state index contributed by atoms with van der Waals surface area (Å²) < 4.78 is 40.8. The third-order valence-corrected chi connectivity index (χ3v) is 2.52. The van der Waals surface area contributed by atoms with Gasteiger partial charge in [-0.3, -0.25) is 4.79 Å². The second-order valence-corrected chi connectivity index (χ2v) is 4.19. The Kier molecular flexibility index (Phi) is 5.02. The fourth-order valence-corrected chi connectivity index (χ4v) is 1.28. The van der Waals surface area contributed by atoms with E-state index in [9.17, 15) is 18.0 Å². The molecule has 3 N–H and O–H groups in total.